The summed E-state index contributed by atoms with van der Waals surface area (Å²) < 4.78 is 18.2. The fourth-order valence-electron chi connectivity index (χ4n) is 2.20. The summed E-state index contributed by atoms with van der Waals surface area (Å²) in [6.45, 7) is 2.23. The molecule has 0 saturated carbocycles. The van der Waals surface area contributed by atoms with E-state index < -0.39 is 6.10 Å². The molecule has 1 N–H and O–H groups in total. The quantitative estimate of drug-likeness (QED) is 0.913. The van der Waals surface area contributed by atoms with Crippen LogP contribution in [0.3, 0.4) is 0 Å². The number of aliphatic hydroxyl groups excluding tert-OH is 1. The predicted molar refractivity (Wildman–Crippen MR) is 72.4 cm³/mol. The van der Waals surface area contributed by atoms with E-state index in [1.807, 2.05) is 24.3 Å². The molecule has 0 aliphatic rings. The summed E-state index contributed by atoms with van der Waals surface area (Å²) in [5.41, 5.74) is 3.17. The fourth-order valence-corrected chi connectivity index (χ4v) is 2.20. The largest absolute Gasteiger partial charge is 0.384 e. The normalized spacial score (nSPS) is 12.4. The van der Waals surface area contributed by atoms with E-state index in [1.54, 1.807) is 20.1 Å². The van der Waals surface area contributed by atoms with Gasteiger partial charge in [0.15, 0.2) is 0 Å². The van der Waals surface area contributed by atoms with Crippen molar-refractivity contribution < 1.29 is 14.2 Å². The van der Waals surface area contributed by atoms with Gasteiger partial charge in [-0.2, -0.15) is 0 Å². The molecule has 1 unspecified atom stereocenters. The van der Waals surface area contributed by atoms with Gasteiger partial charge < -0.3 is 9.84 Å². The lowest BCUT2D eigenvalue weighted by Crippen LogP contribution is -2.06. The first-order valence-corrected chi connectivity index (χ1v) is 6.14. The van der Waals surface area contributed by atoms with Crippen LogP contribution in [0.15, 0.2) is 42.5 Å². The van der Waals surface area contributed by atoms with Crippen LogP contribution in [0.25, 0.3) is 0 Å². The molecule has 2 nitrogen and oxygen atoms in total. The van der Waals surface area contributed by atoms with E-state index in [1.165, 1.54) is 12.1 Å². The molecule has 3 heteroatoms. The lowest BCUT2D eigenvalue weighted by atomic mass is 9.94. The maximum Gasteiger partial charge on any atom is 0.123 e. The molecule has 2 aromatic rings. The summed E-state index contributed by atoms with van der Waals surface area (Å²) in [7, 11) is 1.62. The van der Waals surface area contributed by atoms with E-state index in [0.29, 0.717) is 12.2 Å². The van der Waals surface area contributed by atoms with Crippen LogP contribution in [0, 0.1) is 12.7 Å². The molecule has 0 spiro atoms. The lowest BCUT2D eigenvalue weighted by molar-refractivity contribution is 0.176. The third-order valence-electron chi connectivity index (χ3n) is 3.18. The Labute approximate surface area is 112 Å². The Hall–Kier alpha value is -1.71. The minimum atomic E-state index is -0.771. The fraction of sp³-hybridized carbons (Fsp3) is 0.250. The molecule has 0 saturated heterocycles. The van der Waals surface area contributed by atoms with Crippen molar-refractivity contribution in [1.82, 2.24) is 0 Å². The van der Waals surface area contributed by atoms with E-state index in [9.17, 15) is 9.50 Å². The van der Waals surface area contributed by atoms with E-state index in [2.05, 4.69) is 0 Å². The van der Waals surface area contributed by atoms with E-state index in [4.69, 9.17) is 4.74 Å². The molecule has 0 aliphatic carbocycles. The number of halogens is 1. The Morgan fingerprint density at radius 1 is 1.16 bits per heavy atom. The summed E-state index contributed by atoms with van der Waals surface area (Å²) in [4.78, 5) is 0. The second-order valence-corrected chi connectivity index (χ2v) is 4.54. The van der Waals surface area contributed by atoms with Crippen molar-refractivity contribution in [2.75, 3.05) is 7.11 Å². The number of hydrogen-bond acceptors (Lipinski definition) is 2. The van der Waals surface area contributed by atoms with Crippen LogP contribution in [-0.4, -0.2) is 12.2 Å². The zero-order valence-corrected chi connectivity index (χ0v) is 11.1. The Bertz CT molecular complexity index is 566. The lowest BCUT2D eigenvalue weighted by Gasteiger charge is -2.17. The van der Waals surface area contributed by atoms with Crippen LogP contribution >= 0.6 is 0 Å². The average molecular weight is 260 g/mol. The monoisotopic (exact) mass is 260 g/mol. The maximum absolute atomic E-state index is 13.1. The molecule has 0 amide bonds. The molecule has 0 aliphatic heterocycles. The van der Waals surface area contributed by atoms with Gasteiger partial charge in [-0.25, -0.2) is 4.39 Å². The van der Waals surface area contributed by atoms with Gasteiger partial charge in [0.2, 0.25) is 0 Å². The number of aryl methyl sites for hydroxylation is 1. The molecule has 0 bridgehead atoms. The summed E-state index contributed by atoms with van der Waals surface area (Å²) in [5.74, 6) is -0.293. The SMILES string of the molecule is COCc1ccccc1C(O)c1ccc(F)cc1C. The summed E-state index contributed by atoms with van der Waals surface area (Å²) in [5, 5.41) is 10.5. The number of hydrogen-bond donors (Lipinski definition) is 1. The van der Waals surface area contributed by atoms with Crippen molar-refractivity contribution in [1.29, 1.82) is 0 Å². The van der Waals surface area contributed by atoms with Crippen LogP contribution in [0.2, 0.25) is 0 Å². The van der Waals surface area contributed by atoms with Crippen molar-refractivity contribution in [2.24, 2.45) is 0 Å². The highest BCUT2D eigenvalue weighted by molar-refractivity contribution is 5.39. The first kappa shape index (κ1) is 13.7. The average Bonchev–Trinajstić information content (AvgIpc) is 2.39. The zero-order chi connectivity index (χ0) is 13.8. The third-order valence-corrected chi connectivity index (χ3v) is 3.18. The van der Waals surface area contributed by atoms with Crippen molar-refractivity contribution in [3.8, 4) is 0 Å². The Morgan fingerprint density at radius 3 is 2.58 bits per heavy atom. The first-order chi connectivity index (χ1) is 9.13. The molecule has 0 heterocycles. The summed E-state index contributed by atoms with van der Waals surface area (Å²) in [6, 6.07) is 12.0. The van der Waals surface area contributed by atoms with Gasteiger partial charge in [0.05, 0.1) is 6.61 Å². The van der Waals surface area contributed by atoms with Gasteiger partial charge in [0.1, 0.15) is 11.9 Å². The number of benzene rings is 2. The molecule has 0 aromatic heterocycles. The molecular formula is C16H17FO2. The number of ether oxygens (including phenoxy) is 1. The van der Waals surface area contributed by atoms with Crippen LogP contribution in [0.5, 0.6) is 0 Å². The van der Waals surface area contributed by atoms with Gasteiger partial charge in [-0.05, 0) is 41.3 Å². The van der Waals surface area contributed by atoms with Crippen molar-refractivity contribution in [3.05, 3.63) is 70.5 Å². The summed E-state index contributed by atoms with van der Waals surface area (Å²) >= 11 is 0. The van der Waals surface area contributed by atoms with Crippen molar-refractivity contribution in [2.45, 2.75) is 19.6 Å². The number of rotatable bonds is 4. The highest BCUT2D eigenvalue weighted by Crippen LogP contribution is 2.28. The van der Waals surface area contributed by atoms with Crippen molar-refractivity contribution in [3.63, 3.8) is 0 Å². The minimum Gasteiger partial charge on any atom is -0.384 e. The van der Waals surface area contributed by atoms with Crippen LogP contribution in [0.4, 0.5) is 4.39 Å². The number of methoxy groups -OCH3 is 1. The Balaban J connectivity index is 2.41. The van der Waals surface area contributed by atoms with Gasteiger partial charge in [0, 0.05) is 7.11 Å². The highest BCUT2D eigenvalue weighted by atomic mass is 19.1. The Kier molecular flexibility index (Phi) is 4.30. The summed E-state index contributed by atoms with van der Waals surface area (Å²) in [6.07, 6.45) is -0.771. The predicted octanol–water partition coefficient (Wildman–Crippen LogP) is 3.36. The zero-order valence-electron chi connectivity index (χ0n) is 11.1. The van der Waals surface area contributed by atoms with E-state index in [-0.39, 0.29) is 5.82 Å². The van der Waals surface area contributed by atoms with Crippen LogP contribution in [0.1, 0.15) is 28.4 Å². The highest BCUT2D eigenvalue weighted by Gasteiger charge is 2.16. The molecule has 2 rings (SSSR count). The molecule has 19 heavy (non-hydrogen) atoms. The standard InChI is InChI=1S/C16H17FO2/c1-11-9-13(17)7-8-14(11)16(18)15-6-4-3-5-12(15)10-19-2/h3-9,16,18H,10H2,1-2H3. The smallest absolute Gasteiger partial charge is 0.123 e. The Morgan fingerprint density at radius 2 is 1.89 bits per heavy atom. The minimum absolute atomic E-state index is 0.293. The van der Waals surface area contributed by atoms with E-state index >= 15 is 0 Å². The van der Waals surface area contributed by atoms with Gasteiger partial charge in [-0.15, -0.1) is 0 Å². The molecule has 0 radical (unpaired) electrons. The molecule has 100 valence electrons. The molecule has 0 fully saturated rings. The third kappa shape index (κ3) is 3.00. The topological polar surface area (TPSA) is 29.5 Å². The van der Waals surface area contributed by atoms with Gasteiger partial charge in [-0.1, -0.05) is 30.3 Å². The number of aliphatic hydroxyl groups is 1. The molecule has 1 atom stereocenters. The second-order valence-electron chi connectivity index (χ2n) is 4.54. The van der Waals surface area contributed by atoms with Crippen LogP contribution < -0.4 is 0 Å². The maximum atomic E-state index is 13.1. The van der Waals surface area contributed by atoms with Crippen LogP contribution in [-0.2, 0) is 11.3 Å². The molecular weight excluding hydrogens is 243 g/mol. The second kappa shape index (κ2) is 5.95. The first-order valence-electron chi connectivity index (χ1n) is 6.14. The molecule has 2 aromatic carbocycles. The van der Waals surface area contributed by atoms with Crippen molar-refractivity contribution >= 4 is 0 Å². The van der Waals surface area contributed by atoms with Gasteiger partial charge in [0.25, 0.3) is 0 Å². The van der Waals surface area contributed by atoms with Gasteiger partial charge in [-0.3, -0.25) is 0 Å². The van der Waals surface area contributed by atoms with Gasteiger partial charge >= 0.3 is 0 Å². The van der Waals surface area contributed by atoms with E-state index in [0.717, 1.165) is 16.7 Å².